The van der Waals surface area contributed by atoms with E-state index in [4.69, 9.17) is 0 Å². The molecule has 0 aromatic carbocycles. The molecule has 0 heterocycles. The molecule has 1 N–H and O–H groups in total. The lowest BCUT2D eigenvalue weighted by Crippen LogP contribution is -2.25. The first-order valence-corrected chi connectivity index (χ1v) is 8.14. The average molecular weight is 268 g/mol. The maximum atomic E-state index is 3.85. The van der Waals surface area contributed by atoms with E-state index in [1.165, 1.54) is 38.5 Å². The fraction of sp³-hybridized carbons (Fsp3) is 0.889. The Balaban J connectivity index is 3.59. The van der Waals surface area contributed by atoms with Gasteiger partial charge in [0.2, 0.25) is 0 Å². The van der Waals surface area contributed by atoms with Crippen molar-refractivity contribution in [1.29, 1.82) is 0 Å². The quantitative estimate of drug-likeness (QED) is 0.496. The summed E-state index contributed by atoms with van der Waals surface area (Å²) in [5.41, 5.74) is 1.55. The zero-order valence-electron chi connectivity index (χ0n) is 14.3. The zero-order chi connectivity index (χ0) is 14.9. The van der Waals surface area contributed by atoms with E-state index in [-0.39, 0.29) is 0 Å². The van der Waals surface area contributed by atoms with Crippen LogP contribution in [0.25, 0.3) is 0 Å². The SMILES string of the molecule is C=C(C)NCCCCCCCC(C(C)C)C(C)(C)C. The van der Waals surface area contributed by atoms with Gasteiger partial charge in [-0.05, 0) is 37.0 Å². The van der Waals surface area contributed by atoms with Crippen molar-refractivity contribution in [3.05, 3.63) is 12.3 Å². The van der Waals surface area contributed by atoms with Gasteiger partial charge in [0.25, 0.3) is 0 Å². The summed E-state index contributed by atoms with van der Waals surface area (Å²) < 4.78 is 0. The van der Waals surface area contributed by atoms with Crippen LogP contribution < -0.4 is 5.32 Å². The summed E-state index contributed by atoms with van der Waals surface area (Å²) in [5.74, 6) is 1.66. The largest absolute Gasteiger partial charge is 0.389 e. The molecule has 1 atom stereocenters. The minimum absolute atomic E-state index is 0.458. The van der Waals surface area contributed by atoms with Crippen LogP contribution in [0.1, 0.15) is 80.1 Å². The van der Waals surface area contributed by atoms with Crippen LogP contribution in [0.3, 0.4) is 0 Å². The molecule has 114 valence electrons. The standard InChI is InChI=1S/C18H37N/c1-15(2)17(18(5,6)7)13-11-9-8-10-12-14-19-16(3)4/h15,17,19H,3,8-14H2,1-2,4-7H3. The molecular formula is C18H37N. The van der Waals surface area contributed by atoms with E-state index in [2.05, 4.69) is 46.5 Å². The number of allylic oxidation sites excluding steroid dienone is 1. The van der Waals surface area contributed by atoms with Crippen molar-refractivity contribution in [2.75, 3.05) is 6.54 Å². The molecule has 0 aromatic rings. The third kappa shape index (κ3) is 10.0. The predicted molar refractivity (Wildman–Crippen MR) is 88.3 cm³/mol. The highest BCUT2D eigenvalue weighted by molar-refractivity contribution is 4.83. The van der Waals surface area contributed by atoms with Crippen molar-refractivity contribution in [3.8, 4) is 0 Å². The third-order valence-corrected chi connectivity index (χ3v) is 4.04. The average Bonchev–Trinajstić information content (AvgIpc) is 2.24. The van der Waals surface area contributed by atoms with Crippen LogP contribution in [0, 0.1) is 17.3 Å². The third-order valence-electron chi connectivity index (χ3n) is 4.04. The molecular weight excluding hydrogens is 230 g/mol. The van der Waals surface area contributed by atoms with Gasteiger partial charge in [0.1, 0.15) is 0 Å². The number of nitrogens with one attached hydrogen (secondary N) is 1. The van der Waals surface area contributed by atoms with Crippen molar-refractivity contribution in [2.45, 2.75) is 80.1 Å². The van der Waals surface area contributed by atoms with Crippen molar-refractivity contribution < 1.29 is 0 Å². The maximum absolute atomic E-state index is 3.85. The lowest BCUT2D eigenvalue weighted by atomic mass is 9.72. The maximum Gasteiger partial charge on any atom is 0.0143 e. The molecule has 19 heavy (non-hydrogen) atoms. The van der Waals surface area contributed by atoms with Gasteiger partial charge >= 0.3 is 0 Å². The van der Waals surface area contributed by atoms with Crippen LogP contribution in [-0.2, 0) is 0 Å². The van der Waals surface area contributed by atoms with Crippen LogP contribution in [0.2, 0.25) is 0 Å². The van der Waals surface area contributed by atoms with E-state index < -0.39 is 0 Å². The van der Waals surface area contributed by atoms with Gasteiger partial charge in [-0.1, -0.05) is 66.9 Å². The molecule has 0 aliphatic rings. The van der Waals surface area contributed by atoms with E-state index >= 15 is 0 Å². The van der Waals surface area contributed by atoms with Crippen LogP contribution in [0.15, 0.2) is 12.3 Å². The van der Waals surface area contributed by atoms with Crippen LogP contribution in [0.5, 0.6) is 0 Å². The molecule has 0 aromatic heterocycles. The van der Waals surface area contributed by atoms with E-state index in [9.17, 15) is 0 Å². The smallest absolute Gasteiger partial charge is 0.0143 e. The van der Waals surface area contributed by atoms with E-state index in [1.54, 1.807) is 0 Å². The highest BCUT2D eigenvalue weighted by Crippen LogP contribution is 2.35. The number of hydrogen-bond acceptors (Lipinski definition) is 1. The molecule has 0 rings (SSSR count). The Bertz CT molecular complexity index is 235. The number of hydrogen-bond donors (Lipinski definition) is 1. The van der Waals surface area contributed by atoms with Gasteiger partial charge in [-0.2, -0.15) is 0 Å². The number of unbranched alkanes of at least 4 members (excludes halogenated alkanes) is 4. The molecule has 1 heteroatoms. The monoisotopic (exact) mass is 267 g/mol. The summed E-state index contributed by atoms with van der Waals surface area (Å²) in [4.78, 5) is 0. The minimum atomic E-state index is 0.458. The molecule has 1 unspecified atom stereocenters. The Morgan fingerprint density at radius 2 is 1.53 bits per heavy atom. The van der Waals surface area contributed by atoms with Crippen molar-refractivity contribution in [2.24, 2.45) is 17.3 Å². The number of rotatable bonds is 10. The van der Waals surface area contributed by atoms with Crippen molar-refractivity contribution in [3.63, 3.8) is 0 Å². The molecule has 0 saturated heterocycles. The molecule has 0 bridgehead atoms. The Morgan fingerprint density at radius 3 is 2.00 bits per heavy atom. The van der Waals surface area contributed by atoms with Gasteiger partial charge in [-0.25, -0.2) is 0 Å². The second kappa shape index (κ2) is 9.44. The van der Waals surface area contributed by atoms with Crippen molar-refractivity contribution >= 4 is 0 Å². The molecule has 0 saturated carbocycles. The van der Waals surface area contributed by atoms with Gasteiger partial charge < -0.3 is 5.32 Å². The first-order valence-electron chi connectivity index (χ1n) is 8.14. The van der Waals surface area contributed by atoms with Crippen LogP contribution in [0.4, 0.5) is 0 Å². The highest BCUT2D eigenvalue weighted by Gasteiger charge is 2.26. The molecule has 0 aliphatic heterocycles. The molecule has 0 aliphatic carbocycles. The van der Waals surface area contributed by atoms with Gasteiger partial charge in [0, 0.05) is 12.2 Å². The lowest BCUT2D eigenvalue weighted by molar-refractivity contribution is 0.161. The predicted octanol–water partition coefficient (Wildman–Crippen LogP) is 5.77. The Kier molecular flexibility index (Phi) is 9.22. The summed E-state index contributed by atoms with van der Waals surface area (Å²) in [7, 11) is 0. The first-order chi connectivity index (χ1) is 8.75. The lowest BCUT2D eigenvalue weighted by Gasteiger charge is -2.34. The Hall–Kier alpha value is -0.460. The fourth-order valence-corrected chi connectivity index (χ4v) is 3.09. The molecule has 0 radical (unpaired) electrons. The van der Waals surface area contributed by atoms with E-state index in [1.807, 2.05) is 6.92 Å². The normalized spacial score (nSPS) is 13.6. The Labute approximate surface area is 122 Å². The minimum Gasteiger partial charge on any atom is -0.389 e. The van der Waals surface area contributed by atoms with Crippen LogP contribution in [-0.4, -0.2) is 6.54 Å². The van der Waals surface area contributed by atoms with E-state index in [0.29, 0.717) is 5.41 Å². The molecule has 0 spiro atoms. The van der Waals surface area contributed by atoms with Gasteiger partial charge in [0.05, 0.1) is 0 Å². The molecule has 0 fully saturated rings. The van der Waals surface area contributed by atoms with Gasteiger partial charge in [-0.3, -0.25) is 0 Å². The van der Waals surface area contributed by atoms with Crippen LogP contribution >= 0.6 is 0 Å². The van der Waals surface area contributed by atoms with E-state index in [0.717, 1.165) is 24.1 Å². The van der Waals surface area contributed by atoms with Gasteiger partial charge in [-0.15, -0.1) is 0 Å². The summed E-state index contributed by atoms with van der Waals surface area (Å²) in [5, 5.41) is 3.29. The zero-order valence-corrected chi connectivity index (χ0v) is 14.3. The summed E-state index contributed by atoms with van der Waals surface area (Å²) in [6, 6.07) is 0. The summed E-state index contributed by atoms with van der Waals surface area (Å²) in [6.07, 6.45) is 8.19. The van der Waals surface area contributed by atoms with Gasteiger partial charge in [0.15, 0.2) is 0 Å². The fourth-order valence-electron chi connectivity index (χ4n) is 3.09. The summed E-state index contributed by atoms with van der Waals surface area (Å²) >= 11 is 0. The molecule has 1 nitrogen and oxygen atoms in total. The Morgan fingerprint density at radius 1 is 1.00 bits per heavy atom. The topological polar surface area (TPSA) is 12.0 Å². The second-order valence-corrected chi connectivity index (χ2v) is 7.48. The summed E-state index contributed by atoms with van der Waals surface area (Å²) in [6.45, 7) is 18.9. The highest BCUT2D eigenvalue weighted by atomic mass is 14.9. The first kappa shape index (κ1) is 18.5. The van der Waals surface area contributed by atoms with Crippen molar-refractivity contribution in [1.82, 2.24) is 5.32 Å². The second-order valence-electron chi connectivity index (χ2n) is 7.48. The molecule has 0 amide bonds.